The van der Waals surface area contributed by atoms with Crippen molar-refractivity contribution in [2.75, 3.05) is 27.4 Å². The van der Waals surface area contributed by atoms with E-state index in [1.165, 1.54) is 24.2 Å². The van der Waals surface area contributed by atoms with Gasteiger partial charge in [-0.15, -0.1) is 0 Å². The smallest absolute Gasteiger partial charge is 0.274 e. The van der Waals surface area contributed by atoms with Crippen LogP contribution in [0.15, 0.2) is 42.5 Å². The minimum Gasteiger partial charge on any atom is -0.493 e. The first-order valence-corrected chi connectivity index (χ1v) is 8.62. The fourth-order valence-corrected chi connectivity index (χ4v) is 2.84. The lowest BCUT2D eigenvalue weighted by atomic mass is 10.1. The number of amides is 1. The molecule has 8 nitrogen and oxygen atoms in total. The highest BCUT2D eigenvalue weighted by Crippen LogP contribution is 2.40. The summed E-state index contributed by atoms with van der Waals surface area (Å²) < 4.78 is 16.5. The van der Waals surface area contributed by atoms with Crippen LogP contribution >= 0.6 is 0 Å². The van der Waals surface area contributed by atoms with Crippen LogP contribution in [0, 0.1) is 10.1 Å². The van der Waals surface area contributed by atoms with E-state index in [0.717, 1.165) is 0 Å². The van der Waals surface area contributed by atoms with Crippen LogP contribution in [-0.2, 0) is 11.3 Å². The quantitative estimate of drug-likeness (QED) is 0.432. The van der Waals surface area contributed by atoms with E-state index in [9.17, 15) is 14.9 Å². The Kier molecular flexibility index (Phi) is 5.78. The van der Waals surface area contributed by atoms with E-state index in [2.05, 4.69) is 0 Å². The van der Waals surface area contributed by atoms with Crippen molar-refractivity contribution in [2.45, 2.75) is 6.54 Å². The molecule has 0 aliphatic carbocycles. The maximum Gasteiger partial charge on any atom is 0.274 e. The number of fused-ring (bicyclic) bond motifs is 1. The first-order chi connectivity index (χ1) is 13.5. The van der Waals surface area contributed by atoms with Crippen molar-refractivity contribution < 1.29 is 23.9 Å². The first-order valence-electron chi connectivity index (χ1n) is 8.62. The minimum absolute atomic E-state index is 0.0114. The van der Waals surface area contributed by atoms with Crippen LogP contribution in [0.4, 0.5) is 5.69 Å². The van der Waals surface area contributed by atoms with Gasteiger partial charge in [-0.1, -0.05) is 18.2 Å². The Bertz CT molecular complexity index is 908. The summed E-state index contributed by atoms with van der Waals surface area (Å²) in [5.41, 5.74) is 1.17. The number of hydrogen-bond donors (Lipinski definition) is 0. The minimum atomic E-state index is -0.453. The van der Waals surface area contributed by atoms with E-state index in [1.807, 2.05) is 0 Å². The molecule has 1 heterocycles. The molecule has 8 heteroatoms. The number of likely N-dealkylation sites (N-methyl/N-ethyl adjacent to an activating group) is 1. The van der Waals surface area contributed by atoms with Gasteiger partial charge in [0.2, 0.25) is 11.7 Å². The Morgan fingerprint density at radius 3 is 2.79 bits per heavy atom. The molecule has 2 aromatic rings. The molecule has 1 aliphatic heterocycles. The summed E-state index contributed by atoms with van der Waals surface area (Å²) in [6.45, 7) is 1.03. The molecule has 0 aromatic heterocycles. The molecular formula is C20H20N2O6. The van der Waals surface area contributed by atoms with Crippen molar-refractivity contribution >= 4 is 17.7 Å². The maximum atomic E-state index is 12.4. The van der Waals surface area contributed by atoms with Gasteiger partial charge >= 0.3 is 0 Å². The number of carbonyl (C=O) groups is 1. The average molecular weight is 384 g/mol. The summed E-state index contributed by atoms with van der Waals surface area (Å²) in [4.78, 5) is 24.5. The van der Waals surface area contributed by atoms with Gasteiger partial charge in [-0.05, 0) is 23.8 Å². The molecule has 0 atom stereocenters. The molecule has 3 rings (SSSR count). The SMILES string of the molecule is COc1cc(/C=C/C(=O)N(C)Cc2ccccc2[N+](=O)[O-])cc2c1OCCO2. The molecule has 1 amide bonds. The average Bonchev–Trinajstić information content (AvgIpc) is 2.71. The molecular weight excluding hydrogens is 364 g/mol. The Balaban J connectivity index is 1.74. The third-order valence-corrected chi connectivity index (χ3v) is 4.24. The van der Waals surface area contributed by atoms with Crippen molar-refractivity contribution in [3.63, 3.8) is 0 Å². The third kappa shape index (κ3) is 4.22. The highest BCUT2D eigenvalue weighted by molar-refractivity contribution is 5.91. The van der Waals surface area contributed by atoms with Gasteiger partial charge in [-0.2, -0.15) is 0 Å². The molecule has 2 aromatic carbocycles. The van der Waals surface area contributed by atoms with E-state index in [0.29, 0.717) is 41.6 Å². The fourth-order valence-electron chi connectivity index (χ4n) is 2.84. The van der Waals surface area contributed by atoms with E-state index >= 15 is 0 Å². The highest BCUT2D eigenvalue weighted by atomic mass is 16.6. The van der Waals surface area contributed by atoms with Crippen molar-refractivity contribution in [1.29, 1.82) is 0 Å². The Morgan fingerprint density at radius 2 is 2.04 bits per heavy atom. The fraction of sp³-hybridized carbons (Fsp3) is 0.250. The van der Waals surface area contributed by atoms with Gasteiger partial charge < -0.3 is 19.1 Å². The summed E-state index contributed by atoms with van der Waals surface area (Å²) in [5, 5.41) is 11.1. The topological polar surface area (TPSA) is 91.1 Å². The second-order valence-electron chi connectivity index (χ2n) is 6.16. The molecule has 0 fully saturated rings. The second kappa shape index (κ2) is 8.43. The van der Waals surface area contributed by atoms with Crippen molar-refractivity contribution in [2.24, 2.45) is 0 Å². The van der Waals surface area contributed by atoms with Gasteiger partial charge in [0, 0.05) is 24.8 Å². The third-order valence-electron chi connectivity index (χ3n) is 4.24. The van der Waals surface area contributed by atoms with Crippen LogP contribution in [0.1, 0.15) is 11.1 Å². The predicted octanol–water partition coefficient (Wildman–Crippen LogP) is 3.05. The summed E-state index contributed by atoms with van der Waals surface area (Å²) in [6.07, 6.45) is 3.04. The van der Waals surface area contributed by atoms with Gasteiger partial charge in [-0.3, -0.25) is 14.9 Å². The Morgan fingerprint density at radius 1 is 1.29 bits per heavy atom. The van der Waals surface area contributed by atoms with E-state index in [4.69, 9.17) is 14.2 Å². The number of nitro benzene ring substituents is 1. The summed E-state index contributed by atoms with van der Waals surface area (Å²) >= 11 is 0. The van der Waals surface area contributed by atoms with Crippen molar-refractivity contribution in [3.8, 4) is 17.2 Å². The van der Waals surface area contributed by atoms with Crippen molar-refractivity contribution in [1.82, 2.24) is 4.90 Å². The number of rotatable bonds is 6. The molecule has 0 spiro atoms. The maximum absolute atomic E-state index is 12.4. The van der Waals surface area contributed by atoms with E-state index in [1.54, 1.807) is 43.5 Å². The highest BCUT2D eigenvalue weighted by Gasteiger charge is 2.18. The number of benzene rings is 2. The van der Waals surface area contributed by atoms with E-state index < -0.39 is 4.92 Å². The Hall–Kier alpha value is -3.55. The number of nitro groups is 1. The number of nitrogens with zero attached hydrogens (tertiary/aromatic N) is 2. The van der Waals surface area contributed by atoms with Crippen LogP contribution in [-0.4, -0.2) is 43.1 Å². The van der Waals surface area contributed by atoms with Gasteiger partial charge in [0.15, 0.2) is 11.5 Å². The Labute approximate surface area is 162 Å². The number of hydrogen-bond acceptors (Lipinski definition) is 6. The molecule has 0 bridgehead atoms. The molecule has 0 N–H and O–H groups in total. The zero-order valence-corrected chi connectivity index (χ0v) is 15.6. The van der Waals surface area contributed by atoms with Crippen LogP contribution in [0.3, 0.4) is 0 Å². The molecule has 0 saturated heterocycles. The van der Waals surface area contributed by atoms with Crippen LogP contribution in [0.5, 0.6) is 17.2 Å². The number of ether oxygens (including phenoxy) is 3. The summed E-state index contributed by atoms with van der Waals surface area (Å²) in [6, 6.07) is 9.88. The molecule has 0 saturated carbocycles. The van der Waals surface area contributed by atoms with Crippen LogP contribution < -0.4 is 14.2 Å². The number of carbonyl (C=O) groups excluding carboxylic acids is 1. The largest absolute Gasteiger partial charge is 0.493 e. The van der Waals surface area contributed by atoms with Gasteiger partial charge in [0.05, 0.1) is 18.6 Å². The second-order valence-corrected chi connectivity index (χ2v) is 6.16. The van der Waals surface area contributed by atoms with Crippen LogP contribution in [0.2, 0.25) is 0 Å². The molecule has 0 unspecified atom stereocenters. The van der Waals surface area contributed by atoms with Crippen LogP contribution in [0.25, 0.3) is 6.08 Å². The predicted molar refractivity (Wildman–Crippen MR) is 103 cm³/mol. The summed E-state index contributed by atoms with van der Waals surface area (Å²) in [7, 11) is 3.13. The molecule has 28 heavy (non-hydrogen) atoms. The number of para-hydroxylation sites is 1. The monoisotopic (exact) mass is 384 g/mol. The lowest BCUT2D eigenvalue weighted by Crippen LogP contribution is -2.24. The van der Waals surface area contributed by atoms with Crippen molar-refractivity contribution in [3.05, 3.63) is 63.7 Å². The zero-order chi connectivity index (χ0) is 20.1. The number of methoxy groups -OCH3 is 1. The summed E-state index contributed by atoms with van der Waals surface area (Å²) in [5.74, 6) is 1.35. The van der Waals surface area contributed by atoms with Gasteiger partial charge in [-0.25, -0.2) is 0 Å². The first kappa shape index (κ1) is 19.2. The molecule has 146 valence electrons. The zero-order valence-electron chi connectivity index (χ0n) is 15.6. The lowest BCUT2D eigenvalue weighted by Gasteiger charge is -2.21. The lowest BCUT2D eigenvalue weighted by molar-refractivity contribution is -0.385. The van der Waals surface area contributed by atoms with E-state index in [-0.39, 0.29) is 18.1 Å². The molecule has 0 radical (unpaired) electrons. The normalized spacial score (nSPS) is 12.6. The standard InChI is InChI=1S/C20H20N2O6/c1-21(13-15-5-3-4-6-16(15)22(24)25)19(23)8-7-14-11-17(26-2)20-18(12-14)27-9-10-28-20/h3-8,11-12H,9-10,13H2,1-2H3/b8-7+. The molecule has 1 aliphatic rings. The van der Waals surface area contributed by atoms with Gasteiger partial charge in [0.25, 0.3) is 5.69 Å². The van der Waals surface area contributed by atoms with Gasteiger partial charge in [0.1, 0.15) is 13.2 Å².